The number of nitrogens with one attached hydrogen (secondary N) is 1. The first-order valence-electron chi connectivity index (χ1n) is 6.69. The van der Waals surface area contributed by atoms with Crippen LogP contribution in [-0.4, -0.2) is 27.0 Å². The molecular formula is C12H19F3N4. The minimum atomic E-state index is -4.11. The fourth-order valence-corrected chi connectivity index (χ4v) is 2.67. The molecule has 2 unspecified atom stereocenters. The Morgan fingerprint density at radius 3 is 2.79 bits per heavy atom. The largest absolute Gasteiger partial charge is 0.393 e. The van der Waals surface area contributed by atoms with Gasteiger partial charge >= 0.3 is 6.18 Å². The molecule has 4 nitrogen and oxygen atoms in total. The summed E-state index contributed by atoms with van der Waals surface area (Å²) in [5.74, 6) is -0.548. The molecule has 0 aliphatic heterocycles. The van der Waals surface area contributed by atoms with Crippen molar-refractivity contribution in [1.29, 1.82) is 0 Å². The van der Waals surface area contributed by atoms with Crippen molar-refractivity contribution in [2.75, 3.05) is 0 Å². The summed E-state index contributed by atoms with van der Waals surface area (Å²) in [7, 11) is 0. The maximum absolute atomic E-state index is 12.9. The van der Waals surface area contributed by atoms with E-state index in [-0.39, 0.29) is 6.42 Å². The zero-order valence-electron chi connectivity index (χ0n) is 11.0. The summed E-state index contributed by atoms with van der Waals surface area (Å²) in [5, 5.41) is 10.7. The Morgan fingerprint density at radius 1 is 1.37 bits per heavy atom. The maximum atomic E-state index is 12.9. The third-order valence-electron chi connectivity index (χ3n) is 3.75. The van der Waals surface area contributed by atoms with Crippen LogP contribution < -0.4 is 5.32 Å². The normalized spacial score (nSPS) is 24.6. The van der Waals surface area contributed by atoms with Gasteiger partial charge in [-0.1, -0.05) is 12.8 Å². The highest BCUT2D eigenvalue weighted by Crippen LogP contribution is 2.37. The molecule has 0 radical (unpaired) electrons. The molecule has 2 atom stereocenters. The van der Waals surface area contributed by atoms with E-state index in [0.717, 1.165) is 13.0 Å². The topological polar surface area (TPSA) is 42.7 Å². The van der Waals surface area contributed by atoms with E-state index in [9.17, 15) is 13.2 Å². The predicted octanol–water partition coefficient (Wildman–Crippen LogP) is 2.51. The van der Waals surface area contributed by atoms with Gasteiger partial charge in [0.25, 0.3) is 0 Å². The first-order chi connectivity index (χ1) is 9.02. The lowest BCUT2D eigenvalue weighted by atomic mass is 9.84. The van der Waals surface area contributed by atoms with Crippen molar-refractivity contribution < 1.29 is 13.2 Å². The lowest BCUT2D eigenvalue weighted by molar-refractivity contribution is -0.189. The molecule has 0 saturated heterocycles. The highest BCUT2D eigenvalue weighted by Gasteiger charge is 2.45. The van der Waals surface area contributed by atoms with Gasteiger partial charge < -0.3 is 9.88 Å². The Morgan fingerprint density at radius 2 is 2.11 bits per heavy atom. The lowest BCUT2D eigenvalue weighted by Gasteiger charge is -2.33. The first-order valence-corrected chi connectivity index (χ1v) is 6.69. The molecule has 1 aromatic rings. The van der Waals surface area contributed by atoms with Crippen LogP contribution in [0.2, 0.25) is 0 Å². The van der Waals surface area contributed by atoms with Gasteiger partial charge in [-0.25, -0.2) is 0 Å². The SMILES string of the molecule is CCn1cnnc1CNC1CCCCC1C(F)(F)F. The van der Waals surface area contributed by atoms with E-state index in [2.05, 4.69) is 15.5 Å². The van der Waals surface area contributed by atoms with Crippen LogP contribution in [0, 0.1) is 5.92 Å². The number of alkyl halides is 3. The lowest BCUT2D eigenvalue weighted by Crippen LogP contribution is -2.45. The third-order valence-corrected chi connectivity index (χ3v) is 3.75. The van der Waals surface area contributed by atoms with E-state index >= 15 is 0 Å². The second-order valence-electron chi connectivity index (χ2n) is 4.95. The average molecular weight is 276 g/mol. The summed E-state index contributed by atoms with van der Waals surface area (Å²) >= 11 is 0. The number of rotatable bonds is 4. The zero-order valence-corrected chi connectivity index (χ0v) is 11.0. The Hall–Kier alpha value is -1.11. The molecular weight excluding hydrogens is 257 g/mol. The van der Waals surface area contributed by atoms with Gasteiger partial charge in [-0.15, -0.1) is 10.2 Å². The summed E-state index contributed by atoms with van der Waals surface area (Å²) < 4.78 is 40.6. The van der Waals surface area contributed by atoms with E-state index in [0.29, 0.717) is 25.2 Å². The van der Waals surface area contributed by atoms with Crippen molar-refractivity contribution in [2.45, 2.75) is 57.9 Å². The Labute approximate surface area is 110 Å². The van der Waals surface area contributed by atoms with Gasteiger partial charge in [0.15, 0.2) is 0 Å². The van der Waals surface area contributed by atoms with Gasteiger partial charge in [0.05, 0.1) is 12.5 Å². The van der Waals surface area contributed by atoms with Crippen LogP contribution in [0.1, 0.15) is 38.4 Å². The summed E-state index contributed by atoms with van der Waals surface area (Å²) in [6, 6.07) is -0.504. The first kappa shape index (κ1) is 14.3. The second kappa shape index (κ2) is 5.90. The number of aryl methyl sites for hydroxylation is 1. The Kier molecular flexibility index (Phi) is 4.44. The summed E-state index contributed by atoms with van der Waals surface area (Å²) in [6.07, 6.45) is -0.208. The fourth-order valence-electron chi connectivity index (χ4n) is 2.67. The van der Waals surface area contributed by atoms with Gasteiger partial charge in [-0.2, -0.15) is 13.2 Å². The number of halogens is 3. The quantitative estimate of drug-likeness (QED) is 0.919. The molecule has 1 aromatic heterocycles. The molecule has 1 N–H and O–H groups in total. The summed E-state index contributed by atoms with van der Waals surface area (Å²) in [4.78, 5) is 0. The van der Waals surface area contributed by atoms with E-state index in [1.807, 2.05) is 11.5 Å². The minimum absolute atomic E-state index is 0.224. The van der Waals surface area contributed by atoms with Gasteiger partial charge in [0.1, 0.15) is 12.2 Å². The second-order valence-corrected chi connectivity index (χ2v) is 4.95. The molecule has 0 aromatic carbocycles. The van der Waals surface area contributed by atoms with Crippen molar-refractivity contribution in [3.63, 3.8) is 0 Å². The van der Waals surface area contributed by atoms with Gasteiger partial charge in [0.2, 0.25) is 0 Å². The van der Waals surface area contributed by atoms with E-state index in [1.54, 1.807) is 6.33 Å². The maximum Gasteiger partial charge on any atom is 0.393 e. The minimum Gasteiger partial charge on any atom is -0.317 e. The molecule has 0 spiro atoms. The van der Waals surface area contributed by atoms with Crippen LogP contribution in [0.25, 0.3) is 0 Å². The Bertz CT molecular complexity index is 402. The van der Waals surface area contributed by atoms with Crippen LogP contribution in [0.3, 0.4) is 0 Å². The standard InChI is InChI=1S/C12H19F3N4/c1-2-19-8-17-18-11(19)7-16-10-6-4-3-5-9(10)12(13,14)15/h8-10,16H,2-7H2,1H3. The monoisotopic (exact) mass is 276 g/mol. The molecule has 1 saturated carbocycles. The summed E-state index contributed by atoms with van der Waals surface area (Å²) in [6.45, 7) is 3.01. The molecule has 0 bridgehead atoms. The van der Waals surface area contributed by atoms with Crippen molar-refractivity contribution >= 4 is 0 Å². The van der Waals surface area contributed by atoms with Crippen molar-refractivity contribution in [3.8, 4) is 0 Å². The van der Waals surface area contributed by atoms with E-state index in [4.69, 9.17) is 0 Å². The van der Waals surface area contributed by atoms with E-state index < -0.39 is 18.1 Å². The summed E-state index contributed by atoms with van der Waals surface area (Å²) in [5.41, 5.74) is 0. The van der Waals surface area contributed by atoms with Gasteiger partial charge in [-0.05, 0) is 19.8 Å². The molecule has 1 aliphatic carbocycles. The molecule has 1 aliphatic rings. The number of hydrogen-bond donors (Lipinski definition) is 1. The molecule has 1 fully saturated rings. The highest BCUT2D eigenvalue weighted by atomic mass is 19.4. The number of aromatic nitrogens is 3. The highest BCUT2D eigenvalue weighted by molar-refractivity contribution is 4.90. The van der Waals surface area contributed by atoms with Crippen LogP contribution in [-0.2, 0) is 13.1 Å². The van der Waals surface area contributed by atoms with Crippen molar-refractivity contribution in [3.05, 3.63) is 12.2 Å². The number of nitrogens with zero attached hydrogens (tertiary/aromatic N) is 3. The smallest absolute Gasteiger partial charge is 0.317 e. The Balaban J connectivity index is 1.97. The third kappa shape index (κ3) is 3.46. The van der Waals surface area contributed by atoms with Crippen LogP contribution in [0.15, 0.2) is 6.33 Å². The average Bonchev–Trinajstić information content (AvgIpc) is 2.83. The molecule has 7 heteroatoms. The van der Waals surface area contributed by atoms with Crippen LogP contribution >= 0.6 is 0 Å². The molecule has 2 rings (SSSR count). The molecule has 108 valence electrons. The van der Waals surface area contributed by atoms with Crippen molar-refractivity contribution in [2.24, 2.45) is 5.92 Å². The molecule has 19 heavy (non-hydrogen) atoms. The van der Waals surface area contributed by atoms with Crippen LogP contribution in [0.5, 0.6) is 0 Å². The van der Waals surface area contributed by atoms with Crippen LogP contribution in [0.4, 0.5) is 13.2 Å². The predicted molar refractivity (Wildman–Crippen MR) is 64.3 cm³/mol. The van der Waals surface area contributed by atoms with E-state index in [1.165, 1.54) is 0 Å². The van der Waals surface area contributed by atoms with Gasteiger partial charge in [-0.3, -0.25) is 0 Å². The van der Waals surface area contributed by atoms with Crippen molar-refractivity contribution in [1.82, 2.24) is 20.1 Å². The number of hydrogen-bond acceptors (Lipinski definition) is 3. The molecule has 0 amide bonds. The molecule has 1 heterocycles. The zero-order chi connectivity index (χ0) is 13.9. The fraction of sp³-hybridized carbons (Fsp3) is 0.833. The van der Waals surface area contributed by atoms with Gasteiger partial charge in [0, 0.05) is 12.6 Å².